The zero-order valence-corrected chi connectivity index (χ0v) is 4.41. The lowest BCUT2D eigenvalue weighted by Crippen LogP contribution is -1.82. The molecule has 0 atom stereocenters. The minimum Gasteiger partial charge on any atom is -0.508 e. The van der Waals surface area contributed by atoms with Crippen molar-refractivity contribution in [2.45, 2.75) is 0 Å². The fourth-order valence-corrected chi connectivity index (χ4v) is 0.260. The highest BCUT2D eigenvalue weighted by Crippen LogP contribution is 1.85. The van der Waals surface area contributed by atoms with Gasteiger partial charge in [0.25, 0.3) is 0 Å². The number of rotatable bonds is 2. The summed E-state index contributed by atoms with van der Waals surface area (Å²) in [5, 5.41) is 16.7. The Labute approximate surface area is 47.7 Å². The summed E-state index contributed by atoms with van der Waals surface area (Å²) in [6.07, 6.45) is 3.72. The number of hydrogen-bond acceptors (Lipinski definition) is 3. The Kier molecular flexibility index (Phi) is 3.70. The maximum absolute atomic E-state index is 8.58. The predicted molar refractivity (Wildman–Crippen MR) is 31.1 cm³/mol. The van der Waals surface area contributed by atoms with Gasteiger partial charge in [0, 0.05) is 0 Å². The van der Waals surface area contributed by atoms with Gasteiger partial charge in [-0.1, -0.05) is 0 Å². The Morgan fingerprint density at radius 3 is 2.62 bits per heavy atom. The van der Waals surface area contributed by atoms with E-state index < -0.39 is 0 Å². The minimum atomic E-state index is -0.170. The molecule has 8 heavy (non-hydrogen) atoms. The fraction of sp³-hybridized carbons (Fsp3) is 0.200. The van der Waals surface area contributed by atoms with Crippen molar-refractivity contribution in [3.05, 3.63) is 24.1 Å². The Hall–Kier alpha value is -0.960. The van der Waals surface area contributed by atoms with Gasteiger partial charge in [0.1, 0.15) is 5.76 Å². The maximum Gasteiger partial charge on any atom is 0.115 e. The van der Waals surface area contributed by atoms with Gasteiger partial charge in [0.15, 0.2) is 0 Å². The number of nitrogens with two attached hydrogens (primary N) is 1. The van der Waals surface area contributed by atoms with Crippen LogP contribution < -0.4 is 5.73 Å². The number of aliphatic hydroxyl groups is 2. The van der Waals surface area contributed by atoms with Crippen LogP contribution in [0.3, 0.4) is 0 Å². The van der Waals surface area contributed by atoms with Gasteiger partial charge in [-0.25, -0.2) is 0 Å². The van der Waals surface area contributed by atoms with Crippen LogP contribution in [-0.4, -0.2) is 16.8 Å². The van der Waals surface area contributed by atoms with Gasteiger partial charge in [0.05, 0.1) is 6.61 Å². The first-order valence-electron chi connectivity index (χ1n) is 2.19. The molecule has 0 aliphatic rings. The summed E-state index contributed by atoms with van der Waals surface area (Å²) >= 11 is 0. The van der Waals surface area contributed by atoms with Crippen molar-refractivity contribution >= 4 is 0 Å². The van der Waals surface area contributed by atoms with E-state index in [-0.39, 0.29) is 12.4 Å². The zero-order chi connectivity index (χ0) is 6.41. The molecule has 0 aromatic rings. The highest BCUT2D eigenvalue weighted by Gasteiger charge is 1.78. The van der Waals surface area contributed by atoms with E-state index in [1.165, 1.54) is 18.4 Å². The Bertz CT molecular complexity index is 107. The molecule has 0 aliphatic carbocycles. The van der Waals surface area contributed by atoms with Crippen LogP contribution in [0.1, 0.15) is 0 Å². The van der Waals surface area contributed by atoms with Crippen molar-refractivity contribution in [3.63, 3.8) is 0 Å². The Balaban J connectivity index is 3.61. The van der Waals surface area contributed by atoms with E-state index in [1.54, 1.807) is 0 Å². The molecule has 0 radical (unpaired) electrons. The third-order valence-electron chi connectivity index (χ3n) is 0.567. The van der Waals surface area contributed by atoms with Crippen LogP contribution in [0.2, 0.25) is 0 Å². The van der Waals surface area contributed by atoms with E-state index in [9.17, 15) is 0 Å². The second-order valence-electron chi connectivity index (χ2n) is 1.17. The van der Waals surface area contributed by atoms with E-state index in [0.717, 1.165) is 0 Å². The fourth-order valence-electron chi connectivity index (χ4n) is 0.260. The average Bonchev–Trinajstić information content (AvgIpc) is 1.68. The predicted octanol–water partition coefficient (Wildman–Crippen LogP) is -0.107. The number of aliphatic hydroxyl groups excluding tert-OH is 2. The lowest BCUT2D eigenvalue weighted by Gasteiger charge is -1.84. The first-order valence-corrected chi connectivity index (χ1v) is 2.19. The van der Waals surface area contributed by atoms with Crippen molar-refractivity contribution < 1.29 is 10.2 Å². The molecule has 0 aliphatic heterocycles. The quantitative estimate of drug-likeness (QED) is 0.347. The molecule has 0 unspecified atom stereocenters. The normalized spacial score (nSPS) is 12.9. The topological polar surface area (TPSA) is 66.5 Å². The van der Waals surface area contributed by atoms with Gasteiger partial charge < -0.3 is 15.9 Å². The summed E-state index contributed by atoms with van der Waals surface area (Å²) in [6, 6.07) is 0. The van der Waals surface area contributed by atoms with Crippen LogP contribution in [0.15, 0.2) is 24.1 Å². The molecule has 0 rings (SSSR count). The maximum atomic E-state index is 8.58. The van der Waals surface area contributed by atoms with Crippen LogP contribution in [-0.2, 0) is 0 Å². The van der Waals surface area contributed by atoms with Crippen molar-refractivity contribution in [1.29, 1.82) is 0 Å². The van der Waals surface area contributed by atoms with Crippen LogP contribution in [0, 0.1) is 0 Å². The second-order valence-corrected chi connectivity index (χ2v) is 1.17. The van der Waals surface area contributed by atoms with E-state index in [4.69, 9.17) is 15.9 Å². The zero-order valence-electron chi connectivity index (χ0n) is 4.41. The molecule has 3 heteroatoms. The molecular formula is C5H9NO2. The van der Waals surface area contributed by atoms with Crippen molar-refractivity contribution in [1.82, 2.24) is 0 Å². The smallest absolute Gasteiger partial charge is 0.115 e. The number of hydrogen-bond donors (Lipinski definition) is 3. The van der Waals surface area contributed by atoms with E-state index in [2.05, 4.69) is 0 Å². The van der Waals surface area contributed by atoms with Gasteiger partial charge in [0.2, 0.25) is 0 Å². The van der Waals surface area contributed by atoms with Gasteiger partial charge in [-0.2, -0.15) is 0 Å². The van der Waals surface area contributed by atoms with E-state index in [1.807, 2.05) is 0 Å². The summed E-state index contributed by atoms with van der Waals surface area (Å²) in [5.41, 5.74) is 4.90. The van der Waals surface area contributed by atoms with Gasteiger partial charge in [-0.05, 0) is 18.4 Å². The van der Waals surface area contributed by atoms with Gasteiger partial charge in [-0.3, -0.25) is 0 Å². The molecule has 0 saturated heterocycles. The highest BCUT2D eigenvalue weighted by atomic mass is 16.3. The summed E-state index contributed by atoms with van der Waals surface area (Å²) in [6.45, 7) is -0.170. The Morgan fingerprint density at radius 2 is 2.25 bits per heavy atom. The minimum absolute atomic E-state index is 0.0185. The molecule has 0 aromatic heterocycles. The van der Waals surface area contributed by atoms with E-state index in [0.29, 0.717) is 0 Å². The SMILES string of the molecule is NC=CC(O)=CCO. The van der Waals surface area contributed by atoms with Crippen LogP contribution in [0.4, 0.5) is 0 Å². The molecule has 0 fully saturated rings. The summed E-state index contributed by atoms with van der Waals surface area (Å²) in [7, 11) is 0. The first kappa shape index (κ1) is 7.04. The monoisotopic (exact) mass is 115 g/mol. The highest BCUT2D eigenvalue weighted by molar-refractivity contribution is 5.08. The lowest BCUT2D eigenvalue weighted by molar-refractivity contribution is 0.332. The molecule has 0 amide bonds. The molecule has 3 nitrogen and oxygen atoms in total. The molecule has 0 bridgehead atoms. The molecular weight excluding hydrogens is 106 g/mol. The van der Waals surface area contributed by atoms with Gasteiger partial charge >= 0.3 is 0 Å². The van der Waals surface area contributed by atoms with Crippen molar-refractivity contribution in [3.8, 4) is 0 Å². The summed E-state index contributed by atoms with van der Waals surface area (Å²) in [5.74, 6) is -0.0185. The van der Waals surface area contributed by atoms with Crippen LogP contribution >= 0.6 is 0 Å². The van der Waals surface area contributed by atoms with Crippen LogP contribution in [0.25, 0.3) is 0 Å². The van der Waals surface area contributed by atoms with Crippen molar-refractivity contribution in [2.24, 2.45) is 5.73 Å². The van der Waals surface area contributed by atoms with Crippen LogP contribution in [0.5, 0.6) is 0 Å². The molecule has 4 N–H and O–H groups in total. The van der Waals surface area contributed by atoms with E-state index >= 15 is 0 Å². The third-order valence-corrected chi connectivity index (χ3v) is 0.567. The van der Waals surface area contributed by atoms with Crippen molar-refractivity contribution in [2.75, 3.05) is 6.61 Å². The molecule has 0 heterocycles. The summed E-state index contributed by atoms with van der Waals surface area (Å²) in [4.78, 5) is 0. The Morgan fingerprint density at radius 1 is 1.62 bits per heavy atom. The first-order chi connectivity index (χ1) is 3.81. The third kappa shape index (κ3) is 3.24. The standard InChI is InChI=1S/C5H9NO2/c6-3-1-5(8)2-4-7/h1-3,7-8H,4,6H2. The molecule has 0 saturated carbocycles. The second kappa shape index (κ2) is 4.21. The lowest BCUT2D eigenvalue weighted by atomic mass is 10.4. The average molecular weight is 115 g/mol. The molecule has 46 valence electrons. The largest absolute Gasteiger partial charge is 0.508 e. The molecule has 0 spiro atoms. The molecule has 0 aromatic carbocycles. The van der Waals surface area contributed by atoms with Gasteiger partial charge in [-0.15, -0.1) is 0 Å². The summed E-state index contributed by atoms with van der Waals surface area (Å²) < 4.78 is 0. The number of allylic oxidation sites excluding steroid dienone is 1.